The monoisotopic (exact) mass is 358 g/mol. The third-order valence-electron chi connectivity index (χ3n) is 3.93. The van der Waals surface area contributed by atoms with E-state index in [1.54, 1.807) is 19.9 Å². The predicted molar refractivity (Wildman–Crippen MR) is 93.1 cm³/mol. The van der Waals surface area contributed by atoms with Gasteiger partial charge in [-0.15, -0.1) is 0 Å². The van der Waals surface area contributed by atoms with E-state index in [0.717, 1.165) is 11.6 Å². The molecule has 7 heteroatoms. The van der Waals surface area contributed by atoms with E-state index < -0.39 is 36.2 Å². The van der Waals surface area contributed by atoms with Crippen LogP contribution in [-0.4, -0.2) is 55.8 Å². The largest absolute Gasteiger partial charge is 0.481 e. The van der Waals surface area contributed by atoms with Crippen molar-refractivity contribution >= 4 is 11.9 Å². The Morgan fingerprint density at radius 2 is 1.72 bits per heavy atom. The van der Waals surface area contributed by atoms with Crippen LogP contribution in [0.5, 0.6) is 0 Å². The minimum atomic E-state index is -1.23. The van der Waals surface area contributed by atoms with Crippen molar-refractivity contribution in [1.29, 1.82) is 0 Å². The van der Waals surface area contributed by atoms with Gasteiger partial charge >= 0.3 is 11.9 Å². The Labute approximate surface area is 148 Å². The topological polar surface area (TPSA) is 135 Å². The maximum absolute atomic E-state index is 10.8. The van der Waals surface area contributed by atoms with Crippen molar-refractivity contribution in [2.24, 2.45) is 5.92 Å². The molecule has 0 aromatic heterocycles. The average molecular weight is 358 g/mol. The molecule has 0 aliphatic heterocycles. The average Bonchev–Trinajstić information content (AvgIpc) is 2.41. The van der Waals surface area contributed by atoms with E-state index in [4.69, 9.17) is 15.3 Å². The molecular formula is C18H30O7. The van der Waals surface area contributed by atoms with Gasteiger partial charge in [0.05, 0.1) is 18.3 Å². The lowest BCUT2D eigenvalue weighted by Gasteiger charge is -2.24. The van der Waals surface area contributed by atoms with Gasteiger partial charge in [-0.1, -0.05) is 24.5 Å². The van der Waals surface area contributed by atoms with Crippen molar-refractivity contribution in [3.05, 3.63) is 23.3 Å². The molecule has 0 fully saturated rings. The molecule has 0 aliphatic rings. The molecule has 144 valence electrons. The van der Waals surface area contributed by atoms with E-state index in [2.05, 4.69) is 0 Å². The van der Waals surface area contributed by atoms with Gasteiger partial charge in [0.2, 0.25) is 0 Å². The van der Waals surface area contributed by atoms with Crippen LogP contribution in [0.4, 0.5) is 0 Å². The molecule has 5 N–H and O–H groups in total. The molecule has 0 unspecified atom stereocenters. The minimum absolute atomic E-state index is 0.239. The Kier molecular flexibility index (Phi) is 10.3. The molecule has 3 atom stereocenters. The van der Waals surface area contributed by atoms with Crippen LogP contribution < -0.4 is 0 Å². The summed E-state index contributed by atoms with van der Waals surface area (Å²) in [5, 5.41) is 46.7. The molecule has 0 saturated heterocycles. The molecule has 0 aromatic rings. The number of aliphatic hydroxyl groups is 3. The lowest BCUT2D eigenvalue weighted by Crippen LogP contribution is -2.31. The lowest BCUT2D eigenvalue weighted by molar-refractivity contribution is -0.147. The summed E-state index contributed by atoms with van der Waals surface area (Å²) in [6.07, 6.45) is 3.91. The van der Waals surface area contributed by atoms with Crippen molar-refractivity contribution in [3.8, 4) is 0 Å². The Morgan fingerprint density at radius 1 is 1.12 bits per heavy atom. The van der Waals surface area contributed by atoms with Gasteiger partial charge in [-0.25, -0.2) is 4.79 Å². The molecule has 0 spiro atoms. The number of allylic oxidation sites excluding steroid dienone is 2. The zero-order valence-electron chi connectivity index (χ0n) is 15.1. The van der Waals surface area contributed by atoms with E-state index in [-0.39, 0.29) is 6.42 Å². The van der Waals surface area contributed by atoms with Gasteiger partial charge in [0.15, 0.2) is 0 Å². The highest BCUT2D eigenvalue weighted by molar-refractivity contribution is 5.81. The number of unbranched alkanes of at least 4 members (excludes halogenated alkanes) is 1. The van der Waals surface area contributed by atoms with Crippen LogP contribution in [0.3, 0.4) is 0 Å². The number of aliphatic carboxylic acids is 2. The zero-order valence-corrected chi connectivity index (χ0v) is 15.1. The normalized spacial score (nSPS) is 17.7. The van der Waals surface area contributed by atoms with Gasteiger partial charge in [0.25, 0.3) is 0 Å². The summed E-state index contributed by atoms with van der Waals surface area (Å²) in [6.45, 7) is 4.57. The van der Waals surface area contributed by atoms with E-state index in [1.807, 2.05) is 6.92 Å². The van der Waals surface area contributed by atoms with Crippen LogP contribution in [0.25, 0.3) is 0 Å². The molecule has 0 bridgehead atoms. The van der Waals surface area contributed by atoms with Crippen molar-refractivity contribution < 1.29 is 35.1 Å². The van der Waals surface area contributed by atoms with E-state index in [0.29, 0.717) is 31.3 Å². The molecule has 0 aliphatic carbocycles. The molecular weight excluding hydrogens is 328 g/mol. The standard InChI is InChI=1S/C18H30O7/c1-12(9-16(21)22)8-13(2)10-18(3,25)7-5-4-6-15(20)14(11-19)17(23)24/h8-9,14-15,19-20,25H,4-7,10-11H2,1-3H3,(H,21,22)(H,23,24)/b12-9+,13-8+/t14-,15-,18-/m1/s1. The first kappa shape index (κ1) is 23.3. The maximum atomic E-state index is 10.8. The summed E-state index contributed by atoms with van der Waals surface area (Å²) in [5.41, 5.74) is 0.469. The first-order valence-corrected chi connectivity index (χ1v) is 8.31. The second-order valence-electron chi connectivity index (χ2n) is 6.83. The lowest BCUT2D eigenvalue weighted by atomic mass is 9.89. The molecule has 0 heterocycles. The number of rotatable bonds is 12. The molecule has 0 radical (unpaired) electrons. The number of hydrogen-bond acceptors (Lipinski definition) is 5. The highest BCUT2D eigenvalue weighted by atomic mass is 16.4. The minimum Gasteiger partial charge on any atom is -0.481 e. The smallest absolute Gasteiger partial charge is 0.328 e. The van der Waals surface area contributed by atoms with E-state index >= 15 is 0 Å². The molecule has 0 saturated carbocycles. The fourth-order valence-corrected chi connectivity index (χ4v) is 2.79. The van der Waals surface area contributed by atoms with Crippen molar-refractivity contribution in [3.63, 3.8) is 0 Å². The van der Waals surface area contributed by atoms with Crippen LogP contribution in [0.15, 0.2) is 23.3 Å². The van der Waals surface area contributed by atoms with E-state index in [9.17, 15) is 19.8 Å². The summed E-state index contributed by atoms with van der Waals surface area (Å²) < 4.78 is 0. The summed E-state index contributed by atoms with van der Waals surface area (Å²) in [4.78, 5) is 21.4. The summed E-state index contributed by atoms with van der Waals surface area (Å²) in [5.74, 6) is -3.43. The fourth-order valence-electron chi connectivity index (χ4n) is 2.79. The second-order valence-corrected chi connectivity index (χ2v) is 6.83. The summed E-state index contributed by atoms with van der Waals surface area (Å²) >= 11 is 0. The summed E-state index contributed by atoms with van der Waals surface area (Å²) in [6, 6.07) is 0. The van der Waals surface area contributed by atoms with Crippen LogP contribution in [0.1, 0.15) is 52.9 Å². The van der Waals surface area contributed by atoms with Gasteiger partial charge in [0, 0.05) is 6.08 Å². The highest BCUT2D eigenvalue weighted by Gasteiger charge is 2.26. The third kappa shape index (κ3) is 10.7. The van der Waals surface area contributed by atoms with Crippen LogP contribution >= 0.6 is 0 Å². The fraction of sp³-hybridized carbons (Fsp3) is 0.667. The molecule has 0 aromatic carbocycles. The van der Waals surface area contributed by atoms with Crippen LogP contribution in [0.2, 0.25) is 0 Å². The molecule has 0 rings (SSSR count). The van der Waals surface area contributed by atoms with Gasteiger partial charge in [-0.2, -0.15) is 0 Å². The number of carboxylic acid groups (broad SMARTS) is 2. The SMILES string of the molecule is CC(=C\C(=O)O)/C=C(\C)C[C@](C)(O)CCCC[C@@H](O)[C@@H](CO)C(=O)O. The predicted octanol–water partition coefficient (Wildman–Crippen LogP) is 1.72. The number of hydrogen-bond donors (Lipinski definition) is 5. The first-order valence-electron chi connectivity index (χ1n) is 8.31. The van der Waals surface area contributed by atoms with Crippen LogP contribution in [0, 0.1) is 5.92 Å². The van der Waals surface area contributed by atoms with Gasteiger partial charge in [-0.05, 0) is 45.6 Å². The Bertz CT molecular complexity index is 506. The number of carbonyl (C=O) groups is 2. The zero-order chi connectivity index (χ0) is 19.6. The van der Waals surface area contributed by atoms with Crippen molar-refractivity contribution in [1.82, 2.24) is 0 Å². The quantitative estimate of drug-likeness (QED) is 0.204. The maximum Gasteiger partial charge on any atom is 0.328 e. The molecule has 0 amide bonds. The Hall–Kier alpha value is -1.70. The number of aliphatic hydroxyl groups excluding tert-OH is 2. The second kappa shape index (κ2) is 11.0. The van der Waals surface area contributed by atoms with Crippen molar-refractivity contribution in [2.45, 2.75) is 64.6 Å². The highest BCUT2D eigenvalue weighted by Crippen LogP contribution is 2.24. The Morgan fingerprint density at radius 3 is 2.20 bits per heavy atom. The number of carboxylic acids is 2. The first-order chi connectivity index (χ1) is 11.5. The Balaban J connectivity index is 4.39. The molecule has 25 heavy (non-hydrogen) atoms. The van der Waals surface area contributed by atoms with Gasteiger partial charge in [-0.3, -0.25) is 4.79 Å². The van der Waals surface area contributed by atoms with Crippen LogP contribution in [-0.2, 0) is 9.59 Å². The van der Waals surface area contributed by atoms with E-state index in [1.165, 1.54) is 0 Å². The summed E-state index contributed by atoms with van der Waals surface area (Å²) in [7, 11) is 0. The van der Waals surface area contributed by atoms with Gasteiger partial charge < -0.3 is 25.5 Å². The molecule has 7 nitrogen and oxygen atoms in total. The van der Waals surface area contributed by atoms with Gasteiger partial charge in [0.1, 0.15) is 5.92 Å². The third-order valence-corrected chi connectivity index (χ3v) is 3.93. The van der Waals surface area contributed by atoms with Crippen molar-refractivity contribution in [2.75, 3.05) is 6.61 Å².